The lowest BCUT2D eigenvalue weighted by Crippen LogP contribution is -1.89. The zero-order chi connectivity index (χ0) is 18.5. The smallest absolute Gasteiger partial charge is 0.0479 e. The van der Waals surface area contributed by atoms with Crippen LogP contribution in [0.4, 0.5) is 11.4 Å². The van der Waals surface area contributed by atoms with E-state index in [0.29, 0.717) is 5.69 Å². The van der Waals surface area contributed by atoms with Crippen molar-refractivity contribution in [1.82, 2.24) is 0 Å². The third-order valence-corrected chi connectivity index (χ3v) is 4.13. The van der Waals surface area contributed by atoms with Crippen molar-refractivity contribution in [3.8, 4) is 24.7 Å². The number of rotatable bonds is 0. The van der Waals surface area contributed by atoms with E-state index in [4.69, 9.17) is 24.3 Å². The first-order valence-corrected chi connectivity index (χ1v) is 8.12. The van der Waals surface area contributed by atoms with Crippen LogP contribution in [-0.4, -0.2) is 0 Å². The van der Waals surface area contributed by atoms with Crippen LogP contribution in [0.2, 0.25) is 0 Å². The van der Waals surface area contributed by atoms with Gasteiger partial charge < -0.3 is 11.5 Å². The van der Waals surface area contributed by atoms with Gasteiger partial charge in [0.05, 0.1) is 0 Å². The quantitative estimate of drug-likeness (QED) is 0.358. The first-order valence-electron chi connectivity index (χ1n) is 8.12. The van der Waals surface area contributed by atoms with Crippen molar-refractivity contribution < 1.29 is 0 Å². The highest BCUT2D eigenvalue weighted by Gasteiger charge is 1.99. The largest absolute Gasteiger partial charge is 0.398 e. The first kappa shape index (κ1) is 17.0. The van der Waals surface area contributed by atoms with E-state index in [-0.39, 0.29) is 0 Å². The van der Waals surface area contributed by atoms with Crippen LogP contribution < -0.4 is 11.5 Å². The van der Waals surface area contributed by atoms with E-state index in [1.165, 1.54) is 0 Å². The van der Waals surface area contributed by atoms with Gasteiger partial charge >= 0.3 is 0 Å². The fourth-order valence-electron chi connectivity index (χ4n) is 2.81. The third-order valence-electron chi connectivity index (χ3n) is 4.13. The average Bonchev–Trinajstić information content (AvgIpc) is 2.68. The molecular formula is C24H18N2. The van der Waals surface area contributed by atoms with Gasteiger partial charge in [0.15, 0.2) is 0 Å². The summed E-state index contributed by atoms with van der Waals surface area (Å²) in [5.41, 5.74) is 14.6. The predicted molar refractivity (Wildman–Crippen MR) is 113 cm³/mol. The van der Waals surface area contributed by atoms with Crippen molar-refractivity contribution in [3.63, 3.8) is 0 Å². The molecule has 26 heavy (non-hydrogen) atoms. The number of fused-ring (bicyclic) bond motifs is 2. The summed E-state index contributed by atoms with van der Waals surface area (Å²) in [6.45, 7) is 0. The highest BCUT2D eigenvalue weighted by Crippen LogP contribution is 2.22. The van der Waals surface area contributed by atoms with Gasteiger partial charge in [-0.1, -0.05) is 60.4 Å². The zero-order valence-corrected chi connectivity index (χ0v) is 14.2. The molecule has 0 aliphatic rings. The van der Waals surface area contributed by atoms with Crippen molar-refractivity contribution >= 4 is 32.9 Å². The summed E-state index contributed by atoms with van der Waals surface area (Å²) in [7, 11) is 0. The van der Waals surface area contributed by atoms with Crippen LogP contribution in [0.15, 0.2) is 72.8 Å². The summed E-state index contributed by atoms with van der Waals surface area (Å²) in [4.78, 5) is 0. The summed E-state index contributed by atoms with van der Waals surface area (Å²) in [6.07, 6.45) is 10.6. The Morgan fingerprint density at radius 1 is 0.615 bits per heavy atom. The molecular weight excluding hydrogens is 316 g/mol. The second-order valence-corrected chi connectivity index (χ2v) is 5.86. The Morgan fingerprint density at radius 2 is 1.23 bits per heavy atom. The molecule has 0 aromatic heterocycles. The molecule has 4 aromatic carbocycles. The molecule has 4 rings (SSSR count). The molecule has 4 aromatic rings. The van der Waals surface area contributed by atoms with Crippen molar-refractivity contribution in [2.45, 2.75) is 0 Å². The summed E-state index contributed by atoms with van der Waals surface area (Å²) >= 11 is 0. The predicted octanol–water partition coefficient (Wildman–Crippen LogP) is 4.81. The number of hydrogen-bond donors (Lipinski definition) is 2. The van der Waals surface area contributed by atoms with E-state index < -0.39 is 0 Å². The van der Waals surface area contributed by atoms with Crippen LogP contribution in [0, 0.1) is 24.7 Å². The molecule has 0 spiro atoms. The molecule has 0 unspecified atom stereocenters. The first-order chi connectivity index (χ1) is 12.6. The van der Waals surface area contributed by atoms with Crippen LogP contribution in [0.3, 0.4) is 0 Å². The van der Waals surface area contributed by atoms with Crippen LogP contribution in [0.1, 0.15) is 11.1 Å². The Labute approximate surface area is 153 Å². The minimum absolute atomic E-state index is 0.668. The molecule has 4 N–H and O–H groups in total. The lowest BCUT2D eigenvalue weighted by atomic mass is 10.1. The van der Waals surface area contributed by atoms with Crippen molar-refractivity contribution in [2.24, 2.45) is 0 Å². The van der Waals surface area contributed by atoms with Gasteiger partial charge in [0.1, 0.15) is 0 Å². The molecule has 0 radical (unpaired) electrons. The molecule has 0 atom stereocenters. The van der Waals surface area contributed by atoms with Gasteiger partial charge in [-0.3, -0.25) is 0 Å². The Kier molecular flexibility index (Phi) is 4.79. The summed E-state index contributed by atoms with van der Waals surface area (Å²) in [5.74, 6) is 5.14. The monoisotopic (exact) mass is 334 g/mol. The second-order valence-electron chi connectivity index (χ2n) is 5.86. The summed E-state index contributed by atoms with van der Waals surface area (Å²) in [5, 5.41) is 4.40. The molecule has 0 bridgehead atoms. The number of nitrogens with two attached hydrogens (primary N) is 2. The summed E-state index contributed by atoms with van der Waals surface area (Å²) < 4.78 is 0. The lowest BCUT2D eigenvalue weighted by Gasteiger charge is -2.02. The lowest BCUT2D eigenvalue weighted by molar-refractivity contribution is 1.67. The standard InChI is InChI=1S/2C12H9N/c1-2-9-7-10-5-3-4-6-11(10)8-12(9)13;1-2-9-7-10-5-3-4-6-11(10)12(13)8-9/h2*1,3-8H,13H2. The van der Waals surface area contributed by atoms with E-state index in [0.717, 1.165) is 38.4 Å². The third kappa shape index (κ3) is 3.46. The molecule has 0 aliphatic carbocycles. The van der Waals surface area contributed by atoms with E-state index in [2.05, 4.69) is 11.8 Å². The molecule has 0 saturated carbocycles. The maximum absolute atomic E-state index is 5.84. The zero-order valence-electron chi connectivity index (χ0n) is 14.2. The van der Waals surface area contributed by atoms with Gasteiger partial charge in [-0.15, -0.1) is 12.8 Å². The van der Waals surface area contributed by atoms with Gasteiger partial charge in [0.25, 0.3) is 0 Å². The van der Waals surface area contributed by atoms with Crippen molar-refractivity contribution in [3.05, 3.63) is 83.9 Å². The van der Waals surface area contributed by atoms with Gasteiger partial charge in [-0.25, -0.2) is 0 Å². The molecule has 2 nitrogen and oxygen atoms in total. The molecule has 2 heteroatoms. The maximum atomic E-state index is 5.84. The van der Waals surface area contributed by atoms with Gasteiger partial charge in [0.2, 0.25) is 0 Å². The number of anilines is 2. The number of terminal acetylenes is 2. The Bertz CT molecular complexity index is 1170. The Morgan fingerprint density at radius 3 is 1.88 bits per heavy atom. The Balaban J connectivity index is 0.000000151. The maximum Gasteiger partial charge on any atom is 0.0479 e. The van der Waals surface area contributed by atoms with Crippen LogP contribution >= 0.6 is 0 Å². The minimum Gasteiger partial charge on any atom is -0.398 e. The topological polar surface area (TPSA) is 52.0 Å². The fraction of sp³-hybridized carbons (Fsp3) is 0. The summed E-state index contributed by atoms with van der Waals surface area (Å²) in [6, 6.07) is 23.6. The van der Waals surface area contributed by atoms with Crippen LogP contribution in [-0.2, 0) is 0 Å². The highest BCUT2D eigenvalue weighted by molar-refractivity contribution is 5.94. The Hall–Kier alpha value is -3.88. The molecule has 0 aliphatic heterocycles. The van der Waals surface area contributed by atoms with E-state index in [1.54, 1.807) is 0 Å². The van der Waals surface area contributed by atoms with Crippen LogP contribution in [0.5, 0.6) is 0 Å². The average molecular weight is 334 g/mol. The van der Waals surface area contributed by atoms with E-state index in [9.17, 15) is 0 Å². The minimum atomic E-state index is 0.668. The highest BCUT2D eigenvalue weighted by atomic mass is 14.6. The van der Waals surface area contributed by atoms with Gasteiger partial charge in [-0.2, -0.15) is 0 Å². The number of benzene rings is 4. The van der Waals surface area contributed by atoms with E-state index >= 15 is 0 Å². The second kappa shape index (κ2) is 7.34. The van der Waals surface area contributed by atoms with Gasteiger partial charge in [0, 0.05) is 27.9 Å². The van der Waals surface area contributed by atoms with Crippen molar-refractivity contribution in [1.29, 1.82) is 0 Å². The van der Waals surface area contributed by atoms with Crippen molar-refractivity contribution in [2.75, 3.05) is 11.5 Å². The fourth-order valence-corrected chi connectivity index (χ4v) is 2.81. The SMILES string of the molecule is C#Cc1cc(N)c2ccccc2c1.C#Cc1cc2ccccc2cc1N. The number of nitrogen functional groups attached to an aromatic ring is 2. The molecule has 0 heterocycles. The van der Waals surface area contributed by atoms with Crippen LogP contribution in [0.25, 0.3) is 21.5 Å². The van der Waals surface area contributed by atoms with Gasteiger partial charge in [-0.05, 0) is 40.4 Å². The van der Waals surface area contributed by atoms with E-state index in [1.807, 2.05) is 72.8 Å². The molecule has 124 valence electrons. The molecule has 0 amide bonds. The molecule has 0 saturated heterocycles. The molecule has 0 fully saturated rings. The normalized spacial score (nSPS) is 9.77. The number of hydrogen-bond acceptors (Lipinski definition) is 2.